The van der Waals surface area contributed by atoms with Gasteiger partial charge in [-0.15, -0.1) is 0 Å². The first-order valence-corrected chi connectivity index (χ1v) is 12.4. The van der Waals surface area contributed by atoms with Crippen LogP contribution in [0, 0.1) is 0 Å². The van der Waals surface area contributed by atoms with Gasteiger partial charge in [0.25, 0.3) is 5.91 Å². The number of rotatable bonds is 7. The van der Waals surface area contributed by atoms with E-state index in [0.29, 0.717) is 22.4 Å². The summed E-state index contributed by atoms with van der Waals surface area (Å²) in [4.78, 5) is 28.6. The van der Waals surface area contributed by atoms with Crippen molar-refractivity contribution < 1.29 is 32.6 Å². The number of aliphatic carboxylic acids is 1. The smallest absolute Gasteiger partial charge is 0.329 e. The molecule has 2 unspecified atom stereocenters. The fourth-order valence-corrected chi connectivity index (χ4v) is 7.46. The number of carboxylic acids is 1. The third kappa shape index (κ3) is 5.29. The number of hydrogen-bond acceptors (Lipinski definition) is 7. The number of benzene rings is 2. The molecule has 2 aliphatic rings. The molecular formula is C21H20N2O7S2. The Balaban J connectivity index is 1.55. The first-order valence-electron chi connectivity index (χ1n) is 9.71. The highest BCUT2D eigenvalue weighted by Crippen LogP contribution is 2.41. The lowest BCUT2D eigenvalue weighted by atomic mass is 10.2. The molecule has 0 saturated carbocycles. The fraction of sp³-hybridized carbons (Fsp3) is 0.286. The number of carbonyl (C=O) groups excluding carboxylic acids is 1. The minimum absolute atomic E-state index is 0.0107. The van der Waals surface area contributed by atoms with Gasteiger partial charge < -0.3 is 19.5 Å². The Bertz CT molecular complexity index is 1130. The van der Waals surface area contributed by atoms with E-state index < -0.39 is 34.9 Å². The van der Waals surface area contributed by atoms with Gasteiger partial charge in [-0.2, -0.15) is 4.99 Å². The predicted molar refractivity (Wildman–Crippen MR) is 120 cm³/mol. The van der Waals surface area contributed by atoms with E-state index in [-0.39, 0.29) is 22.8 Å². The van der Waals surface area contributed by atoms with E-state index in [4.69, 9.17) is 14.6 Å². The second-order valence-corrected chi connectivity index (χ2v) is 10.6. The summed E-state index contributed by atoms with van der Waals surface area (Å²) >= 11 is 1.23. The first kappa shape index (κ1) is 22.3. The van der Waals surface area contributed by atoms with Crippen LogP contribution < -0.4 is 9.64 Å². The van der Waals surface area contributed by atoms with E-state index in [9.17, 15) is 18.0 Å². The molecule has 0 aromatic heterocycles. The average Bonchev–Trinajstić information content (AvgIpc) is 3.20. The minimum atomic E-state index is -3.19. The Labute approximate surface area is 189 Å². The zero-order valence-corrected chi connectivity index (χ0v) is 18.4. The number of hydrogen-bond donors (Lipinski definition) is 1. The van der Waals surface area contributed by atoms with Crippen LogP contribution in [0.25, 0.3) is 0 Å². The molecule has 2 aromatic carbocycles. The van der Waals surface area contributed by atoms with Crippen LogP contribution in [0.1, 0.15) is 0 Å². The number of sulfone groups is 1. The summed E-state index contributed by atoms with van der Waals surface area (Å²) in [5.74, 6) is -0.537. The summed E-state index contributed by atoms with van der Waals surface area (Å²) in [6, 6.07) is 16.0. The summed E-state index contributed by atoms with van der Waals surface area (Å²) in [5.41, 5.74) is 0.681. The van der Waals surface area contributed by atoms with Crippen molar-refractivity contribution in [1.29, 1.82) is 0 Å². The number of amidine groups is 1. The van der Waals surface area contributed by atoms with Crippen molar-refractivity contribution in [2.24, 2.45) is 4.99 Å². The van der Waals surface area contributed by atoms with E-state index in [1.165, 1.54) is 11.8 Å². The maximum atomic E-state index is 12.2. The Morgan fingerprint density at radius 1 is 1.03 bits per heavy atom. The molecule has 9 nitrogen and oxygen atoms in total. The number of carboxylic acid groups (broad SMARTS) is 1. The van der Waals surface area contributed by atoms with Gasteiger partial charge in [0.15, 0.2) is 15.0 Å². The summed E-state index contributed by atoms with van der Waals surface area (Å²) in [6.45, 7) is -1.07. The minimum Gasteiger partial charge on any atom is -0.480 e. The molecule has 2 atom stereocenters. The Morgan fingerprint density at radius 2 is 1.72 bits per heavy atom. The van der Waals surface area contributed by atoms with Crippen LogP contribution in [-0.4, -0.2) is 66.6 Å². The van der Waals surface area contributed by atoms with E-state index in [2.05, 4.69) is 4.99 Å². The topological polar surface area (TPSA) is 123 Å². The molecule has 168 valence electrons. The highest BCUT2D eigenvalue weighted by atomic mass is 32.2. The highest BCUT2D eigenvalue weighted by molar-refractivity contribution is 8.16. The van der Waals surface area contributed by atoms with Gasteiger partial charge in [0, 0.05) is 10.9 Å². The second-order valence-electron chi connectivity index (χ2n) is 7.25. The van der Waals surface area contributed by atoms with Crippen molar-refractivity contribution in [3.05, 3.63) is 54.6 Å². The number of nitrogens with zero attached hydrogens (tertiary/aromatic N) is 2. The van der Waals surface area contributed by atoms with Crippen molar-refractivity contribution in [3.63, 3.8) is 0 Å². The van der Waals surface area contributed by atoms with Crippen LogP contribution in [0.3, 0.4) is 0 Å². The second kappa shape index (κ2) is 9.31. The van der Waals surface area contributed by atoms with Crippen LogP contribution in [-0.2, 0) is 24.2 Å². The number of aliphatic imine (C=N–C) groups is 1. The van der Waals surface area contributed by atoms with Crippen molar-refractivity contribution in [1.82, 2.24) is 0 Å². The molecule has 32 heavy (non-hydrogen) atoms. The molecule has 2 saturated heterocycles. The molecule has 11 heteroatoms. The lowest BCUT2D eigenvalue weighted by Crippen LogP contribution is -2.37. The zero-order valence-electron chi connectivity index (χ0n) is 16.8. The molecule has 1 amide bonds. The van der Waals surface area contributed by atoms with Crippen LogP contribution in [0.5, 0.6) is 11.5 Å². The Morgan fingerprint density at radius 3 is 2.41 bits per heavy atom. The molecule has 0 bridgehead atoms. The summed E-state index contributed by atoms with van der Waals surface area (Å²) in [6.07, 6.45) is 0. The van der Waals surface area contributed by atoms with Gasteiger partial charge in [-0.25, -0.2) is 13.2 Å². The van der Waals surface area contributed by atoms with Gasteiger partial charge >= 0.3 is 5.97 Å². The highest BCUT2D eigenvalue weighted by Gasteiger charge is 2.49. The standard InChI is InChI=1S/C21H20N2O7S2/c24-19(10-29-11-20(25)26)22-21-23(17-12-32(27,28)13-18(17)31-21)14-6-8-16(9-7-14)30-15-4-2-1-3-5-15/h1-9,17-18H,10-13H2,(H,25,26). The Kier molecular flexibility index (Phi) is 6.49. The van der Waals surface area contributed by atoms with Crippen LogP contribution >= 0.6 is 11.8 Å². The van der Waals surface area contributed by atoms with E-state index in [1.807, 2.05) is 30.3 Å². The number of carbonyl (C=O) groups is 2. The molecule has 2 aliphatic heterocycles. The predicted octanol–water partition coefficient (Wildman–Crippen LogP) is 2.18. The van der Waals surface area contributed by atoms with E-state index >= 15 is 0 Å². The van der Waals surface area contributed by atoms with Gasteiger partial charge in [-0.05, 0) is 36.4 Å². The molecular weight excluding hydrogens is 456 g/mol. The molecule has 4 rings (SSSR count). The van der Waals surface area contributed by atoms with Crippen molar-refractivity contribution in [2.45, 2.75) is 11.3 Å². The monoisotopic (exact) mass is 476 g/mol. The zero-order chi connectivity index (χ0) is 22.7. The molecule has 0 spiro atoms. The molecule has 0 radical (unpaired) electrons. The van der Waals surface area contributed by atoms with Crippen LogP contribution in [0.2, 0.25) is 0 Å². The average molecular weight is 477 g/mol. The molecule has 2 fully saturated rings. The number of amides is 1. The van der Waals surface area contributed by atoms with Gasteiger partial charge in [0.1, 0.15) is 24.7 Å². The SMILES string of the molecule is O=C(O)COCC(=O)N=C1SC2CS(=O)(=O)CC2N1c1ccc(Oc2ccccc2)cc1. The summed E-state index contributed by atoms with van der Waals surface area (Å²) < 4.78 is 35.0. The van der Waals surface area contributed by atoms with Crippen molar-refractivity contribution in [3.8, 4) is 11.5 Å². The van der Waals surface area contributed by atoms with Gasteiger partial charge in [0.2, 0.25) is 0 Å². The van der Waals surface area contributed by atoms with Gasteiger partial charge in [-0.1, -0.05) is 30.0 Å². The number of ether oxygens (including phenoxy) is 2. The number of fused-ring (bicyclic) bond motifs is 1. The van der Waals surface area contributed by atoms with E-state index in [1.54, 1.807) is 29.2 Å². The van der Waals surface area contributed by atoms with Gasteiger partial charge in [0.05, 0.1) is 17.5 Å². The lowest BCUT2D eigenvalue weighted by Gasteiger charge is -2.24. The van der Waals surface area contributed by atoms with E-state index in [0.717, 1.165) is 0 Å². The maximum Gasteiger partial charge on any atom is 0.329 e. The van der Waals surface area contributed by atoms with Crippen LogP contribution in [0.4, 0.5) is 5.69 Å². The van der Waals surface area contributed by atoms with Crippen molar-refractivity contribution in [2.75, 3.05) is 29.6 Å². The van der Waals surface area contributed by atoms with Crippen LogP contribution in [0.15, 0.2) is 59.6 Å². The lowest BCUT2D eigenvalue weighted by molar-refractivity contribution is -0.143. The molecule has 1 N–H and O–H groups in total. The number of thioether (sulfide) groups is 1. The first-order chi connectivity index (χ1) is 15.3. The summed E-state index contributed by atoms with van der Waals surface area (Å²) in [5, 5.41) is 8.75. The molecule has 2 aromatic rings. The number of para-hydroxylation sites is 1. The fourth-order valence-electron chi connectivity index (χ4n) is 3.53. The van der Waals surface area contributed by atoms with Gasteiger partial charge in [-0.3, -0.25) is 4.79 Å². The number of anilines is 1. The normalized spacial score (nSPS) is 22.6. The van der Waals surface area contributed by atoms with Crippen molar-refractivity contribution >= 4 is 44.3 Å². The quantitative estimate of drug-likeness (QED) is 0.640. The molecule has 0 aliphatic carbocycles. The molecule has 2 heterocycles. The third-order valence-corrected chi connectivity index (χ3v) is 8.04. The maximum absolute atomic E-state index is 12.2. The third-order valence-electron chi connectivity index (χ3n) is 4.83. The largest absolute Gasteiger partial charge is 0.480 e. The summed E-state index contributed by atoms with van der Waals surface area (Å²) in [7, 11) is -3.19. The Hall–Kier alpha value is -2.89.